The van der Waals surface area contributed by atoms with E-state index in [9.17, 15) is 18.3 Å². The maximum atomic E-state index is 12.4. The van der Waals surface area contributed by atoms with Crippen LogP contribution in [0.3, 0.4) is 0 Å². The topological polar surface area (TPSA) is 42.4 Å². The Labute approximate surface area is 111 Å². The summed E-state index contributed by atoms with van der Waals surface area (Å²) in [5.74, 6) is 0.544. The van der Waals surface area contributed by atoms with Crippen LogP contribution in [-0.4, -0.2) is 16.7 Å². The normalized spacial score (nSPS) is 13.3. The van der Waals surface area contributed by atoms with E-state index in [4.69, 9.17) is 4.74 Å². The number of para-hydroxylation sites is 1. The van der Waals surface area contributed by atoms with Gasteiger partial charge in [-0.2, -0.15) is 13.2 Å². The van der Waals surface area contributed by atoms with E-state index in [1.54, 1.807) is 24.3 Å². The standard InChI is InChI=1S/C12H10F3NO2S/c13-12(14,15)11-16-6-10(19-11)9(17)7-18-8-4-2-1-3-5-8/h1-6,9,17H,7H2. The Morgan fingerprint density at radius 1 is 1.26 bits per heavy atom. The fourth-order valence-electron chi connectivity index (χ4n) is 1.35. The summed E-state index contributed by atoms with van der Waals surface area (Å²) in [6.07, 6.45) is -4.59. The molecule has 1 aromatic carbocycles. The average Bonchev–Trinajstić information content (AvgIpc) is 2.87. The molecule has 0 radical (unpaired) electrons. The van der Waals surface area contributed by atoms with E-state index in [1.165, 1.54) is 0 Å². The molecule has 0 spiro atoms. The maximum absolute atomic E-state index is 12.4. The third-order valence-corrected chi connectivity index (χ3v) is 3.39. The highest BCUT2D eigenvalue weighted by molar-refractivity contribution is 7.11. The van der Waals surface area contributed by atoms with Gasteiger partial charge in [0.05, 0.1) is 4.88 Å². The van der Waals surface area contributed by atoms with Gasteiger partial charge >= 0.3 is 6.18 Å². The van der Waals surface area contributed by atoms with E-state index in [0.717, 1.165) is 6.20 Å². The number of aromatic nitrogens is 1. The van der Waals surface area contributed by atoms with E-state index in [1.807, 2.05) is 6.07 Å². The van der Waals surface area contributed by atoms with E-state index >= 15 is 0 Å². The van der Waals surface area contributed by atoms with Crippen molar-refractivity contribution in [1.29, 1.82) is 0 Å². The molecule has 0 saturated heterocycles. The Kier molecular flexibility index (Phi) is 4.06. The molecule has 0 fully saturated rings. The Balaban J connectivity index is 1.97. The molecule has 19 heavy (non-hydrogen) atoms. The molecule has 0 aliphatic heterocycles. The van der Waals surface area contributed by atoms with Gasteiger partial charge in [-0.3, -0.25) is 0 Å². The second-order valence-electron chi connectivity index (χ2n) is 3.71. The summed E-state index contributed by atoms with van der Waals surface area (Å²) in [6.45, 7) is -0.122. The number of rotatable bonds is 4. The smallest absolute Gasteiger partial charge is 0.443 e. The fraction of sp³-hybridized carbons (Fsp3) is 0.250. The minimum absolute atomic E-state index is 0.122. The van der Waals surface area contributed by atoms with Crippen molar-refractivity contribution in [2.45, 2.75) is 12.3 Å². The number of ether oxygens (including phenoxy) is 1. The molecule has 1 heterocycles. The lowest BCUT2D eigenvalue weighted by atomic mass is 10.3. The van der Waals surface area contributed by atoms with Crippen LogP contribution in [0.4, 0.5) is 13.2 Å². The number of hydrogen-bond acceptors (Lipinski definition) is 4. The molecule has 0 aliphatic rings. The zero-order chi connectivity index (χ0) is 13.9. The minimum Gasteiger partial charge on any atom is -0.490 e. The molecule has 2 rings (SSSR count). The van der Waals surface area contributed by atoms with E-state index < -0.39 is 17.3 Å². The number of aliphatic hydroxyl groups is 1. The number of halogens is 3. The highest BCUT2D eigenvalue weighted by Crippen LogP contribution is 2.34. The lowest BCUT2D eigenvalue weighted by molar-refractivity contribution is -0.137. The molecular formula is C12H10F3NO2S. The third-order valence-electron chi connectivity index (χ3n) is 2.25. The predicted octanol–water partition coefficient (Wildman–Crippen LogP) is 3.27. The largest absolute Gasteiger partial charge is 0.490 e. The summed E-state index contributed by atoms with van der Waals surface area (Å²) in [4.78, 5) is 3.37. The monoisotopic (exact) mass is 289 g/mol. The zero-order valence-corrected chi connectivity index (χ0v) is 10.4. The summed E-state index contributed by atoms with van der Waals surface area (Å²) < 4.78 is 42.3. The molecule has 0 saturated carbocycles. The Bertz CT molecular complexity index is 527. The van der Waals surface area contributed by atoms with Crippen LogP contribution in [0.15, 0.2) is 36.5 Å². The van der Waals surface area contributed by atoms with Crippen molar-refractivity contribution in [3.63, 3.8) is 0 Å². The van der Waals surface area contributed by atoms with Gasteiger partial charge in [-0.25, -0.2) is 4.98 Å². The van der Waals surface area contributed by atoms with Gasteiger partial charge in [0.1, 0.15) is 18.5 Å². The third kappa shape index (κ3) is 3.68. The first kappa shape index (κ1) is 13.8. The number of thiazole rings is 1. The first-order valence-electron chi connectivity index (χ1n) is 5.35. The highest BCUT2D eigenvalue weighted by atomic mass is 32.1. The van der Waals surface area contributed by atoms with Crippen LogP contribution in [0.1, 0.15) is 16.0 Å². The van der Waals surface area contributed by atoms with Crippen molar-refractivity contribution in [1.82, 2.24) is 4.98 Å². The molecular weight excluding hydrogens is 279 g/mol. The number of nitrogens with zero attached hydrogens (tertiary/aromatic N) is 1. The number of aliphatic hydroxyl groups excluding tert-OH is 1. The van der Waals surface area contributed by atoms with E-state index in [2.05, 4.69) is 4.98 Å². The molecule has 1 atom stereocenters. The van der Waals surface area contributed by atoms with Gasteiger partial charge in [0, 0.05) is 6.20 Å². The van der Waals surface area contributed by atoms with Crippen molar-refractivity contribution < 1.29 is 23.0 Å². The predicted molar refractivity (Wildman–Crippen MR) is 64.0 cm³/mol. The van der Waals surface area contributed by atoms with Crippen LogP contribution in [-0.2, 0) is 6.18 Å². The Hall–Kier alpha value is -1.60. The molecule has 7 heteroatoms. The van der Waals surface area contributed by atoms with Crippen molar-refractivity contribution in [3.05, 3.63) is 46.4 Å². The highest BCUT2D eigenvalue weighted by Gasteiger charge is 2.35. The second kappa shape index (κ2) is 5.58. The molecule has 1 unspecified atom stereocenters. The lowest BCUT2D eigenvalue weighted by Gasteiger charge is -2.10. The van der Waals surface area contributed by atoms with Gasteiger partial charge < -0.3 is 9.84 Å². The lowest BCUT2D eigenvalue weighted by Crippen LogP contribution is -2.08. The van der Waals surface area contributed by atoms with Gasteiger partial charge in [0.25, 0.3) is 0 Å². The van der Waals surface area contributed by atoms with Crippen LogP contribution in [0.25, 0.3) is 0 Å². The van der Waals surface area contributed by atoms with Crippen LogP contribution in [0.2, 0.25) is 0 Å². The molecule has 102 valence electrons. The van der Waals surface area contributed by atoms with Crippen LogP contribution >= 0.6 is 11.3 Å². The van der Waals surface area contributed by atoms with Crippen LogP contribution in [0, 0.1) is 0 Å². The van der Waals surface area contributed by atoms with Crippen molar-refractivity contribution in [2.75, 3.05) is 6.61 Å². The van der Waals surface area contributed by atoms with E-state index in [-0.39, 0.29) is 11.5 Å². The summed E-state index contributed by atoms with van der Waals surface area (Å²) in [6, 6.07) is 8.72. The molecule has 0 amide bonds. The van der Waals surface area contributed by atoms with Crippen LogP contribution < -0.4 is 4.74 Å². The summed E-state index contributed by atoms with van der Waals surface area (Å²) >= 11 is 0.417. The molecule has 1 N–H and O–H groups in total. The second-order valence-corrected chi connectivity index (χ2v) is 4.77. The number of hydrogen-bond donors (Lipinski definition) is 1. The molecule has 1 aromatic heterocycles. The molecule has 2 aromatic rings. The summed E-state index contributed by atoms with van der Waals surface area (Å²) in [7, 11) is 0. The fourth-order valence-corrected chi connectivity index (χ4v) is 2.10. The Morgan fingerprint density at radius 2 is 1.95 bits per heavy atom. The molecule has 3 nitrogen and oxygen atoms in total. The van der Waals surface area contributed by atoms with Crippen molar-refractivity contribution >= 4 is 11.3 Å². The van der Waals surface area contributed by atoms with E-state index in [0.29, 0.717) is 17.1 Å². The first-order valence-corrected chi connectivity index (χ1v) is 6.17. The van der Waals surface area contributed by atoms with Gasteiger partial charge in [-0.1, -0.05) is 18.2 Å². The minimum atomic E-state index is -4.48. The quantitative estimate of drug-likeness (QED) is 0.939. The van der Waals surface area contributed by atoms with Crippen LogP contribution in [0.5, 0.6) is 5.75 Å². The van der Waals surface area contributed by atoms with Gasteiger partial charge in [0.15, 0.2) is 5.01 Å². The number of benzene rings is 1. The van der Waals surface area contributed by atoms with Gasteiger partial charge in [0.2, 0.25) is 0 Å². The average molecular weight is 289 g/mol. The Morgan fingerprint density at radius 3 is 2.53 bits per heavy atom. The SMILES string of the molecule is OC(COc1ccccc1)c1cnc(C(F)(F)F)s1. The summed E-state index contributed by atoms with van der Waals surface area (Å²) in [5.41, 5.74) is 0. The molecule has 0 bridgehead atoms. The first-order chi connectivity index (χ1) is 8.97. The van der Waals surface area contributed by atoms with Crippen molar-refractivity contribution in [3.8, 4) is 5.75 Å². The number of alkyl halides is 3. The maximum Gasteiger partial charge on any atom is 0.443 e. The zero-order valence-electron chi connectivity index (χ0n) is 9.59. The summed E-state index contributed by atoms with van der Waals surface area (Å²) in [5, 5.41) is 8.77. The van der Waals surface area contributed by atoms with Gasteiger partial charge in [-0.15, -0.1) is 11.3 Å². The molecule has 0 aliphatic carbocycles. The van der Waals surface area contributed by atoms with Gasteiger partial charge in [-0.05, 0) is 12.1 Å². The van der Waals surface area contributed by atoms with Crippen molar-refractivity contribution in [2.24, 2.45) is 0 Å².